The van der Waals surface area contributed by atoms with E-state index in [-0.39, 0.29) is 27.5 Å². The highest BCUT2D eigenvalue weighted by Crippen LogP contribution is 2.43. The Morgan fingerprint density at radius 2 is 1.92 bits per heavy atom. The average molecular weight is 373 g/mol. The minimum Gasteiger partial charge on any atom is -0.485 e. The molecule has 4 rings (SSSR count). The van der Waals surface area contributed by atoms with Crippen molar-refractivity contribution in [1.29, 1.82) is 0 Å². The molecule has 0 N–H and O–H groups in total. The Labute approximate surface area is 153 Å². The summed E-state index contributed by atoms with van der Waals surface area (Å²) in [6, 6.07) is 1.39. The molecule has 2 aromatic heterocycles. The van der Waals surface area contributed by atoms with E-state index >= 15 is 0 Å². The van der Waals surface area contributed by atoms with Crippen LogP contribution in [0.2, 0.25) is 5.02 Å². The van der Waals surface area contributed by atoms with Crippen LogP contribution in [0, 0.1) is 6.92 Å². The molecule has 6 heteroatoms. The summed E-state index contributed by atoms with van der Waals surface area (Å²) in [7, 11) is 0. The molecule has 5 nitrogen and oxygen atoms in total. The van der Waals surface area contributed by atoms with E-state index < -0.39 is 5.63 Å². The lowest BCUT2D eigenvalue weighted by Gasteiger charge is -2.22. The van der Waals surface area contributed by atoms with E-state index in [1.54, 1.807) is 6.92 Å². The molecule has 26 heavy (non-hydrogen) atoms. The lowest BCUT2D eigenvalue weighted by Crippen LogP contribution is -2.16. The minimum absolute atomic E-state index is 0.0307. The lowest BCUT2D eigenvalue weighted by molar-refractivity contribution is 0.269. The van der Waals surface area contributed by atoms with E-state index in [4.69, 9.17) is 25.2 Å². The van der Waals surface area contributed by atoms with E-state index in [1.807, 2.05) is 26.0 Å². The smallest absolute Gasteiger partial charge is 0.355 e. The molecule has 0 aliphatic carbocycles. The number of rotatable bonds is 2. The number of aryl methyl sites for hydroxylation is 2. The standard InChI is InChI=1S/C20H17ClO5/c1-4-5-11-14-17-12(7-6-9(2)24-17)18-15(13(22)8-10(3)25-18)19(14)26-20(23)16(11)21/h6-9H,4-5H2,1-3H3. The fourth-order valence-electron chi connectivity index (χ4n) is 3.44. The first-order valence-electron chi connectivity index (χ1n) is 8.52. The molecule has 0 spiro atoms. The van der Waals surface area contributed by atoms with Gasteiger partial charge in [-0.2, -0.15) is 0 Å². The van der Waals surface area contributed by atoms with Crippen molar-refractivity contribution in [3.05, 3.63) is 54.7 Å². The van der Waals surface area contributed by atoms with E-state index in [9.17, 15) is 9.59 Å². The molecule has 1 unspecified atom stereocenters. The molecule has 0 bridgehead atoms. The molecular weight excluding hydrogens is 356 g/mol. The highest BCUT2D eigenvalue weighted by molar-refractivity contribution is 6.32. The van der Waals surface area contributed by atoms with Gasteiger partial charge in [0.05, 0.1) is 10.9 Å². The maximum Gasteiger partial charge on any atom is 0.355 e. The van der Waals surface area contributed by atoms with Crippen LogP contribution >= 0.6 is 11.6 Å². The van der Waals surface area contributed by atoms with E-state index in [0.717, 1.165) is 6.42 Å². The van der Waals surface area contributed by atoms with Gasteiger partial charge in [-0.05, 0) is 38.0 Å². The van der Waals surface area contributed by atoms with Crippen molar-refractivity contribution in [3.8, 4) is 5.75 Å². The Kier molecular flexibility index (Phi) is 3.92. The highest BCUT2D eigenvalue weighted by atomic mass is 35.5. The van der Waals surface area contributed by atoms with Gasteiger partial charge in [-0.1, -0.05) is 24.9 Å². The first-order chi connectivity index (χ1) is 12.4. The topological polar surface area (TPSA) is 69.7 Å². The molecule has 3 heterocycles. The second-order valence-corrected chi connectivity index (χ2v) is 6.86. The fourth-order valence-corrected chi connectivity index (χ4v) is 3.67. The van der Waals surface area contributed by atoms with Crippen LogP contribution in [-0.4, -0.2) is 6.10 Å². The van der Waals surface area contributed by atoms with Crippen molar-refractivity contribution in [2.75, 3.05) is 0 Å². The third-order valence-corrected chi connectivity index (χ3v) is 4.90. The third kappa shape index (κ3) is 2.38. The molecule has 1 atom stereocenters. The van der Waals surface area contributed by atoms with Crippen molar-refractivity contribution >= 4 is 39.6 Å². The Morgan fingerprint density at radius 1 is 1.15 bits per heavy atom. The van der Waals surface area contributed by atoms with E-state index in [0.29, 0.717) is 40.0 Å². The van der Waals surface area contributed by atoms with Gasteiger partial charge in [-0.3, -0.25) is 4.79 Å². The summed E-state index contributed by atoms with van der Waals surface area (Å²) < 4.78 is 17.3. The quantitative estimate of drug-likeness (QED) is 0.485. The molecule has 1 aliphatic rings. The number of hydrogen-bond donors (Lipinski definition) is 0. The normalized spacial score (nSPS) is 16.1. The number of benzene rings is 1. The van der Waals surface area contributed by atoms with Gasteiger partial charge in [0.25, 0.3) is 0 Å². The van der Waals surface area contributed by atoms with Crippen LogP contribution in [-0.2, 0) is 6.42 Å². The fraction of sp³-hybridized carbons (Fsp3) is 0.300. The van der Waals surface area contributed by atoms with E-state index in [1.165, 1.54) is 6.07 Å². The van der Waals surface area contributed by atoms with Crippen LogP contribution in [0.4, 0.5) is 0 Å². The highest BCUT2D eigenvalue weighted by Gasteiger charge is 2.27. The van der Waals surface area contributed by atoms with Crippen LogP contribution in [0.25, 0.3) is 28.0 Å². The van der Waals surface area contributed by atoms with Crippen molar-refractivity contribution in [3.63, 3.8) is 0 Å². The predicted molar refractivity (Wildman–Crippen MR) is 101 cm³/mol. The number of ether oxygens (including phenoxy) is 1. The van der Waals surface area contributed by atoms with Gasteiger partial charge in [0, 0.05) is 6.07 Å². The summed E-state index contributed by atoms with van der Waals surface area (Å²) in [6.45, 7) is 5.60. The summed E-state index contributed by atoms with van der Waals surface area (Å²) in [5, 5.41) is 0.841. The number of hydrogen-bond acceptors (Lipinski definition) is 5. The van der Waals surface area contributed by atoms with Gasteiger partial charge in [-0.25, -0.2) is 4.79 Å². The monoisotopic (exact) mass is 372 g/mol. The minimum atomic E-state index is -0.664. The molecule has 0 fully saturated rings. The van der Waals surface area contributed by atoms with Gasteiger partial charge in [0.15, 0.2) is 16.6 Å². The van der Waals surface area contributed by atoms with Gasteiger partial charge in [0.2, 0.25) is 0 Å². The van der Waals surface area contributed by atoms with Crippen LogP contribution in [0.15, 0.2) is 30.6 Å². The SMILES string of the molecule is CCCc1c(Cl)c(=O)oc2c1c1c(c3oc(C)cc(=O)c32)C=CC(C)O1. The maximum atomic E-state index is 12.7. The number of fused-ring (bicyclic) bond motifs is 6. The average Bonchev–Trinajstić information content (AvgIpc) is 2.58. The van der Waals surface area contributed by atoms with Crippen LogP contribution in [0.5, 0.6) is 5.75 Å². The molecule has 0 amide bonds. The zero-order valence-corrected chi connectivity index (χ0v) is 15.4. The molecule has 0 radical (unpaired) electrons. The van der Waals surface area contributed by atoms with E-state index in [2.05, 4.69) is 0 Å². The van der Waals surface area contributed by atoms with Crippen molar-refractivity contribution in [1.82, 2.24) is 0 Å². The summed E-state index contributed by atoms with van der Waals surface area (Å²) in [5.74, 6) is 1.01. The first-order valence-corrected chi connectivity index (χ1v) is 8.90. The Bertz CT molecular complexity index is 1200. The Hall–Kier alpha value is -2.53. The zero-order chi connectivity index (χ0) is 18.6. The number of halogens is 1. The second kappa shape index (κ2) is 6.02. The second-order valence-electron chi connectivity index (χ2n) is 6.49. The molecule has 1 aromatic carbocycles. The summed E-state index contributed by atoms with van der Waals surface area (Å²) >= 11 is 6.26. The van der Waals surface area contributed by atoms with Gasteiger partial charge in [-0.15, -0.1) is 0 Å². The largest absolute Gasteiger partial charge is 0.485 e. The van der Waals surface area contributed by atoms with Crippen molar-refractivity contribution in [2.24, 2.45) is 0 Å². The summed E-state index contributed by atoms with van der Waals surface area (Å²) in [5.41, 5.74) is 0.899. The van der Waals surface area contributed by atoms with Crippen LogP contribution in [0.1, 0.15) is 37.2 Å². The zero-order valence-electron chi connectivity index (χ0n) is 14.6. The van der Waals surface area contributed by atoms with Gasteiger partial charge < -0.3 is 13.6 Å². The Balaban J connectivity index is 2.35. The third-order valence-electron chi connectivity index (χ3n) is 4.52. The van der Waals surface area contributed by atoms with Gasteiger partial charge in [0.1, 0.15) is 28.0 Å². The first kappa shape index (κ1) is 16.9. The maximum absolute atomic E-state index is 12.7. The molecule has 0 saturated carbocycles. The summed E-state index contributed by atoms with van der Waals surface area (Å²) in [4.78, 5) is 25.0. The molecule has 134 valence electrons. The Morgan fingerprint density at radius 3 is 2.65 bits per heavy atom. The van der Waals surface area contributed by atoms with Gasteiger partial charge >= 0.3 is 5.63 Å². The summed E-state index contributed by atoms with van der Waals surface area (Å²) in [6.07, 6.45) is 4.94. The molecule has 1 aliphatic heterocycles. The van der Waals surface area contributed by atoms with Crippen molar-refractivity contribution in [2.45, 2.75) is 39.7 Å². The molecular formula is C20H17ClO5. The van der Waals surface area contributed by atoms with Crippen LogP contribution < -0.4 is 15.8 Å². The van der Waals surface area contributed by atoms with Crippen molar-refractivity contribution < 1.29 is 13.6 Å². The predicted octanol–water partition coefficient (Wildman–Crippen LogP) is 4.61. The molecule has 0 saturated heterocycles. The molecule has 3 aromatic rings. The lowest BCUT2D eigenvalue weighted by atomic mass is 9.97. The van der Waals surface area contributed by atoms with Crippen LogP contribution in [0.3, 0.4) is 0 Å².